The van der Waals surface area contributed by atoms with E-state index in [1.807, 2.05) is 10.6 Å². The minimum Gasteiger partial charge on any atom is -0.478 e. The third-order valence-electron chi connectivity index (χ3n) is 3.17. The Morgan fingerprint density at radius 2 is 2.37 bits per heavy atom. The predicted octanol–water partition coefficient (Wildman–Crippen LogP) is 1.15. The van der Waals surface area contributed by atoms with E-state index in [2.05, 4.69) is 4.98 Å². The monoisotopic (exact) mass is 262 g/mol. The molecule has 100 valence electrons. The number of hydrogen-bond acceptors (Lipinski definition) is 4. The molecule has 1 aliphatic heterocycles. The van der Waals surface area contributed by atoms with Crippen molar-refractivity contribution in [1.29, 1.82) is 0 Å². The first kappa shape index (κ1) is 12.1. The van der Waals surface area contributed by atoms with Crippen molar-refractivity contribution in [3.63, 3.8) is 0 Å². The number of carbonyl (C=O) groups is 1. The number of aromatic carboxylic acids is 1. The summed E-state index contributed by atoms with van der Waals surface area (Å²) in [5, 5.41) is 9.12. The molecule has 0 amide bonds. The van der Waals surface area contributed by atoms with Crippen molar-refractivity contribution in [3.8, 4) is 0 Å². The number of carboxylic acids is 1. The molecule has 1 aromatic heterocycles. The van der Waals surface area contributed by atoms with Crippen LogP contribution in [0.15, 0.2) is 24.5 Å². The van der Waals surface area contributed by atoms with Crippen molar-refractivity contribution >= 4 is 17.0 Å². The van der Waals surface area contributed by atoms with Gasteiger partial charge in [-0.25, -0.2) is 9.78 Å². The van der Waals surface area contributed by atoms with Crippen LogP contribution in [0.5, 0.6) is 0 Å². The van der Waals surface area contributed by atoms with Gasteiger partial charge < -0.3 is 19.1 Å². The lowest BCUT2D eigenvalue weighted by Gasteiger charge is -2.23. The van der Waals surface area contributed by atoms with Crippen LogP contribution < -0.4 is 0 Å². The van der Waals surface area contributed by atoms with Gasteiger partial charge in [-0.3, -0.25) is 0 Å². The number of carboxylic acid groups (broad SMARTS) is 1. The summed E-state index contributed by atoms with van der Waals surface area (Å²) in [7, 11) is 0. The molecule has 19 heavy (non-hydrogen) atoms. The zero-order valence-corrected chi connectivity index (χ0v) is 10.3. The molecule has 6 nitrogen and oxygen atoms in total. The Morgan fingerprint density at radius 3 is 3.11 bits per heavy atom. The Balaban J connectivity index is 1.92. The van der Waals surface area contributed by atoms with E-state index in [9.17, 15) is 4.79 Å². The highest BCUT2D eigenvalue weighted by atomic mass is 16.6. The quantitative estimate of drug-likeness (QED) is 0.898. The molecule has 1 aromatic carbocycles. The van der Waals surface area contributed by atoms with Crippen molar-refractivity contribution in [1.82, 2.24) is 9.55 Å². The zero-order chi connectivity index (χ0) is 13.2. The predicted molar refractivity (Wildman–Crippen MR) is 67.3 cm³/mol. The van der Waals surface area contributed by atoms with Crippen molar-refractivity contribution in [3.05, 3.63) is 30.1 Å². The Kier molecular flexibility index (Phi) is 3.18. The lowest BCUT2D eigenvalue weighted by molar-refractivity contribution is -0.0932. The lowest BCUT2D eigenvalue weighted by atomic mass is 10.2. The molecular formula is C13H14N2O4. The second kappa shape index (κ2) is 4.99. The molecule has 0 aliphatic carbocycles. The number of para-hydroxylation sites is 1. The topological polar surface area (TPSA) is 73.6 Å². The second-order valence-electron chi connectivity index (χ2n) is 4.44. The van der Waals surface area contributed by atoms with Gasteiger partial charge in [0.25, 0.3) is 0 Å². The van der Waals surface area contributed by atoms with Crippen molar-refractivity contribution < 1.29 is 19.4 Å². The van der Waals surface area contributed by atoms with Gasteiger partial charge in [-0.05, 0) is 12.1 Å². The average molecular weight is 262 g/mol. The average Bonchev–Trinajstić information content (AvgIpc) is 2.83. The molecule has 1 aliphatic rings. The fraction of sp³-hybridized carbons (Fsp3) is 0.385. The molecule has 3 rings (SSSR count). The molecular weight excluding hydrogens is 248 g/mol. The number of benzene rings is 1. The molecule has 0 bridgehead atoms. The van der Waals surface area contributed by atoms with Crippen molar-refractivity contribution in [2.45, 2.75) is 12.6 Å². The molecule has 1 fully saturated rings. The molecule has 0 saturated carbocycles. The Hall–Kier alpha value is -1.92. The first-order valence-corrected chi connectivity index (χ1v) is 6.12. The van der Waals surface area contributed by atoms with Crippen LogP contribution in [-0.2, 0) is 16.0 Å². The maximum absolute atomic E-state index is 11.1. The highest BCUT2D eigenvalue weighted by Gasteiger charge is 2.17. The maximum Gasteiger partial charge on any atom is 0.337 e. The van der Waals surface area contributed by atoms with Gasteiger partial charge in [0.1, 0.15) is 5.52 Å². The van der Waals surface area contributed by atoms with Crippen molar-refractivity contribution in [2.24, 2.45) is 0 Å². The molecule has 2 aromatic rings. The smallest absolute Gasteiger partial charge is 0.337 e. The fourth-order valence-electron chi connectivity index (χ4n) is 2.27. The molecule has 6 heteroatoms. The van der Waals surface area contributed by atoms with E-state index >= 15 is 0 Å². The van der Waals surface area contributed by atoms with E-state index in [1.165, 1.54) is 0 Å². The molecule has 1 saturated heterocycles. The van der Waals surface area contributed by atoms with E-state index in [0.29, 0.717) is 31.9 Å². The van der Waals surface area contributed by atoms with Gasteiger partial charge in [0.15, 0.2) is 0 Å². The number of imidazole rings is 1. The number of hydrogen-bond donors (Lipinski definition) is 1. The van der Waals surface area contributed by atoms with Crippen LogP contribution in [0, 0.1) is 0 Å². The van der Waals surface area contributed by atoms with Crippen LogP contribution in [0.25, 0.3) is 11.0 Å². The third kappa shape index (κ3) is 2.32. The van der Waals surface area contributed by atoms with Gasteiger partial charge in [-0.15, -0.1) is 0 Å². The maximum atomic E-state index is 11.1. The van der Waals surface area contributed by atoms with E-state index in [-0.39, 0.29) is 11.7 Å². The van der Waals surface area contributed by atoms with Gasteiger partial charge in [0.2, 0.25) is 0 Å². The third-order valence-corrected chi connectivity index (χ3v) is 3.17. The second-order valence-corrected chi connectivity index (χ2v) is 4.44. The zero-order valence-electron chi connectivity index (χ0n) is 10.3. The van der Waals surface area contributed by atoms with Crippen molar-refractivity contribution in [2.75, 3.05) is 19.8 Å². The molecule has 0 spiro atoms. The van der Waals surface area contributed by atoms with Crippen LogP contribution in [-0.4, -0.2) is 46.6 Å². The summed E-state index contributed by atoms with van der Waals surface area (Å²) in [5.41, 5.74) is 1.53. The van der Waals surface area contributed by atoms with E-state index in [1.54, 1.807) is 18.5 Å². The van der Waals surface area contributed by atoms with Crippen LogP contribution in [0.4, 0.5) is 0 Å². The Labute approximate surface area is 109 Å². The van der Waals surface area contributed by atoms with Gasteiger partial charge in [-0.2, -0.15) is 0 Å². The molecule has 0 radical (unpaired) electrons. The first-order chi connectivity index (χ1) is 9.25. The summed E-state index contributed by atoms with van der Waals surface area (Å²) in [4.78, 5) is 15.3. The minimum atomic E-state index is -0.965. The highest BCUT2D eigenvalue weighted by Crippen LogP contribution is 2.18. The lowest BCUT2D eigenvalue weighted by Crippen LogP contribution is -2.32. The van der Waals surface area contributed by atoms with E-state index < -0.39 is 5.97 Å². The fourth-order valence-corrected chi connectivity index (χ4v) is 2.27. The number of ether oxygens (including phenoxy) is 2. The van der Waals surface area contributed by atoms with Crippen LogP contribution >= 0.6 is 0 Å². The molecule has 1 unspecified atom stereocenters. The van der Waals surface area contributed by atoms with Crippen LogP contribution in [0.2, 0.25) is 0 Å². The minimum absolute atomic E-state index is 0.0142. The summed E-state index contributed by atoms with van der Waals surface area (Å²) in [6, 6.07) is 5.14. The summed E-state index contributed by atoms with van der Waals surface area (Å²) in [6.07, 6.45) is 1.63. The number of aromatic nitrogens is 2. The van der Waals surface area contributed by atoms with E-state index in [4.69, 9.17) is 14.6 Å². The molecule has 1 N–H and O–H groups in total. The number of nitrogens with zero attached hydrogens (tertiary/aromatic N) is 2. The standard InChI is InChI=1S/C13H14N2O4/c16-13(17)10-2-1-3-11-12(10)14-8-15(11)6-9-7-18-4-5-19-9/h1-3,8-9H,4-7H2,(H,16,17). The van der Waals surface area contributed by atoms with Crippen LogP contribution in [0.1, 0.15) is 10.4 Å². The van der Waals surface area contributed by atoms with Gasteiger partial charge in [-0.1, -0.05) is 6.07 Å². The summed E-state index contributed by atoms with van der Waals surface area (Å²) < 4.78 is 12.8. The van der Waals surface area contributed by atoms with Gasteiger partial charge >= 0.3 is 5.97 Å². The largest absolute Gasteiger partial charge is 0.478 e. The van der Waals surface area contributed by atoms with Gasteiger partial charge in [0.05, 0.1) is 49.9 Å². The van der Waals surface area contributed by atoms with Gasteiger partial charge in [0, 0.05) is 0 Å². The summed E-state index contributed by atoms with van der Waals surface area (Å²) in [6.45, 7) is 2.39. The first-order valence-electron chi connectivity index (χ1n) is 6.12. The molecule has 1 atom stereocenters. The number of rotatable bonds is 3. The summed E-state index contributed by atoms with van der Waals surface area (Å²) in [5.74, 6) is -0.965. The normalized spacial score (nSPS) is 19.7. The number of fused-ring (bicyclic) bond motifs is 1. The molecule has 2 heterocycles. The van der Waals surface area contributed by atoms with Crippen LogP contribution in [0.3, 0.4) is 0 Å². The van der Waals surface area contributed by atoms with E-state index in [0.717, 1.165) is 5.52 Å². The highest BCUT2D eigenvalue weighted by molar-refractivity contribution is 6.00. The summed E-state index contributed by atoms with van der Waals surface area (Å²) >= 11 is 0. The SMILES string of the molecule is O=C(O)c1cccc2c1ncn2CC1COCCO1. The Bertz CT molecular complexity index is 602. The Morgan fingerprint density at radius 1 is 1.47 bits per heavy atom.